The van der Waals surface area contributed by atoms with Gasteiger partial charge >= 0.3 is 0 Å². The van der Waals surface area contributed by atoms with Crippen molar-refractivity contribution in [2.75, 3.05) is 0 Å². The standard InChI is InChI=1S/C15H18FNO3S/c1-11(2)17-9-12-7-8-13(20-12)10-21(18,19)15-6-4-3-5-14(15)16/h3-8,11,17H,9-10H2,1-2H3. The van der Waals surface area contributed by atoms with Crippen LogP contribution in [0, 0.1) is 5.82 Å². The molecule has 0 radical (unpaired) electrons. The van der Waals surface area contributed by atoms with Crippen LogP contribution in [0.5, 0.6) is 0 Å². The summed E-state index contributed by atoms with van der Waals surface area (Å²) in [5.74, 6) is -0.137. The molecule has 0 aliphatic rings. The van der Waals surface area contributed by atoms with Crippen LogP contribution < -0.4 is 5.32 Å². The van der Waals surface area contributed by atoms with Gasteiger partial charge in [-0.25, -0.2) is 12.8 Å². The molecule has 1 aromatic heterocycles. The molecule has 0 aliphatic carbocycles. The largest absolute Gasteiger partial charge is 0.464 e. The zero-order chi connectivity index (χ0) is 15.5. The van der Waals surface area contributed by atoms with Gasteiger partial charge in [0.05, 0.1) is 6.54 Å². The molecule has 0 bridgehead atoms. The molecule has 0 spiro atoms. The Hall–Kier alpha value is -1.66. The monoisotopic (exact) mass is 311 g/mol. The Morgan fingerprint density at radius 2 is 1.81 bits per heavy atom. The maximum absolute atomic E-state index is 13.6. The molecular weight excluding hydrogens is 293 g/mol. The summed E-state index contributed by atoms with van der Waals surface area (Å²) in [5.41, 5.74) is 0. The molecule has 21 heavy (non-hydrogen) atoms. The van der Waals surface area contributed by atoms with Crippen LogP contribution in [0.4, 0.5) is 4.39 Å². The third-order valence-corrected chi connectivity index (χ3v) is 4.57. The van der Waals surface area contributed by atoms with Crippen molar-refractivity contribution in [3.63, 3.8) is 0 Å². The van der Waals surface area contributed by atoms with E-state index in [2.05, 4.69) is 5.32 Å². The number of nitrogens with one attached hydrogen (secondary N) is 1. The summed E-state index contributed by atoms with van der Waals surface area (Å²) in [6.07, 6.45) is 0. The van der Waals surface area contributed by atoms with E-state index in [1.165, 1.54) is 18.2 Å². The minimum atomic E-state index is -3.75. The van der Waals surface area contributed by atoms with Crippen molar-refractivity contribution in [1.29, 1.82) is 0 Å². The number of rotatable bonds is 6. The van der Waals surface area contributed by atoms with Crippen LogP contribution >= 0.6 is 0 Å². The molecule has 0 atom stereocenters. The predicted molar refractivity (Wildman–Crippen MR) is 78.0 cm³/mol. The Kier molecular flexibility index (Phi) is 4.80. The smallest absolute Gasteiger partial charge is 0.188 e. The Morgan fingerprint density at radius 1 is 1.14 bits per heavy atom. The number of benzene rings is 1. The van der Waals surface area contributed by atoms with Gasteiger partial charge in [-0.15, -0.1) is 0 Å². The fraction of sp³-hybridized carbons (Fsp3) is 0.333. The molecule has 4 nitrogen and oxygen atoms in total. The molecule has 1 N–H and O–H groups in total. The summed E-state index contributed by atoms with van der Waals surface area (Å²) in [4.78, 5) is -0.303. The van der Waals surface area contributed by atoms with E-state index in [9.17, 15) is 12.8 Å². The van der Waals surface area contributed by atoms with E-state index >= 15 is 0 Å². The van der Waals surface area contributed by atoms with E-state index in [1.54, 1.807) is 12.1 Å². The number of hydrogen-bond donors (Lipinski definition) is 1. The minimum absolute atomic E-state index is 0.303. The third-order valence-electron chi connectivity index (χ3n) is 2.91. The fourth-order valence-electron chi connectivity index (χ4n) is 1.86. The first-order valence-electron chi connectivity index (χ1n) is 6.67. The molecule has 0 amide bonds. The highest BCUT2D eigenvalue weighted by Gasteiger charge is 2.21. The van der Waals surface area contributed by atoms with Crippen molar-refractivity contribution < 1.29 is 17.2 Å². The van der Waals surface area contributed by atoms with Crippen molar-refractivity contribution in [2.24, 2.45) is 0 Å². The molecule has 0 unspecified atom stereocenters. The number of halogens is 1. The van der Waals surface area contributed by atoms with Crippen LogP contribution in [-0.4, -0.2) is 14.5 Å². The van der Waals surface area contributed by atoms with E-state index in [0.717, 1.165) is 6.07 Å². The van der Waals surface area contributed by atoms with Gasteiger partial charge in [0.25, 0.3) is 0 Å². The number of sulfone groups is 1. The Bertz CT molecular complexity index is 707. The number of hydrogen-bond acceptors (Lipinski definition) is 4. The van der Waals surface area contributed by atoms with Gasteiger partial charge in [-0.2, -0.15) is 0 Å². The second kappa shape index (κ2) is 6.41. The highest BCUT2D eigenvalue weighted by Crippen LogP contribution is 2.20. The second-order valence-corrected chi connectivity index (χ2v) is 7.05. The fourth-order valence-corrected chi connectivity index (χ4v) is 3.20. The van der Waals surface area contributed by atoms with Gasteiger partial charge in [-0.05, 0) is 24.3 Å². The molecule has 0 saturated heterocycles. The Balaban J connectivity index is 2.13. The first-order valence-corrected chi connectivity index (χ1v) is 8.32. The average Bonchev–Trinajstić information content (AvgIpc) is 2.83. The van der Waals surface area contributed by atoms with Gasteiger partial charge in [-0.1, -0.05) is 26.0 Å². The molecular formula is C15H18FNO3S. The van der Waals surface area contributed by atoms with Crippen molar-refractivity contribution in [3.05, 3.63) is 53.7 Å². The Morgan fingerprint density at radius 3 is 2.48 bits per heavy atom. The van der Waals surface area contributed by atoms with Crippen LogP contribution in [-0.2, 0) is 22.1 Å². The minimum Gasteiger partial charge on any atom is -0.464 e. The Labute approximate surface area is 123 Å². The van der Waals surface area contributed by atoms with Crippen LogP contribution in [0.2, 0.25) is 0 Å². The zero-order valence-corrected chi connectivity index (χ0v) is 12.8. The molecule has 2 rings (SSSR count). The zero-order valence-electron chi connectivity index (χ0n) is 12.0. The molecule has 114 valence electrons. The molecule has 0 fully saturated rings. The lowest BCUT2D eigenvalue weighted by Gasteiger charge is -2.05. The van der Waals surface area contributed by atoms with Gasteiger partial charge in [-0.3, -0.25) is 0 Å². The molecule has 6 heteroatoms. The molecule has 1 aromatic carbocycles. The topological polar surface area (TPSA) is 59.3 Å². The van der Waals surface area contributed by atoms with Gasteiger partial charge in [0.2, 0.25) is 0 Å². The second-order valence-electron chi connectivity index (χ2n) is 5.09. The molecule has 1 heterocycles. The van der Waals surface area contributed by atoms with Gasteiger partial charge in [0.1, 0.15) is 28.0 Å². The first kappa shape index (κ1) is 15.7. The van der Waals surface area contributed by atoms with Crippen LogP contribution in [0.3, 0.4) is 0 Å². The van der Waals surface area contributed by atoms with E-state index < -0.39 is 15.7 Å². The van der Waals surface area contributed by atoms with E-state index in [1.807, 2.05) is 13.8 Å². The van der Waals surface area contributed by atoms with E-state index in [-0.39, 0.29) is 10.6 Å². The number of furan rings is 1. The van der Waals surface area contributed by atoms with Crippen LogP contribution in [0.25, 0.3) is 0 Å². The predicted octanol–water partition coefficient (Wildman–Crippen LogP) is 2.89. The van der Waals surface area contributed by atoms with Gasteiger partial charge in [0.15, 0.2) is 9.84 Å². The lowest BCUT2D eigenvalue weighted by Crippen LogP contribution is -2.21. The van der Waals surface area contributed by atoms with Crippen molar-refractivity contribution in [2.45, 2.75) is 37.1 Å². The van der Waals surface area contributed by atoms with Crippen molar-refractivity contribution in [1.82, 2.24) is 5.32 Å². The highest BCUT2D eigenvalue weighted by atomic mass is 32.2. The van der Waals surface area contributed by atoms with Gasteiger partial charge < -0.3 is 9.73 Å². The summed E-state index contributed by atoms with van der Waals surface area (Å²) >= 11 is 0. The van der Waals surface area contributed by atoms with Crippen LogP contribution in [0.1, 0.15) is 25.4 Å². The SMILES string of the molecule is CC(C)NCc1ccc(CS(=O)(=O)c2ccccc2F)o1. The lowest BCUT2D eigenvalue weighted by molar-refractivity contribution is 0.443. The maximum atomic E-state index is 13.6. The molecule has 0 aliphatic heterocycles. The van der Waals surface area contributed by atoms with Crippen molar-refractivity contribution >= 4 is 9.84 Å². The highest BCUT2D eigenvalue weighted by molar-refractivity contribution is 7.90. The first-order chi connectivity index (χ1) is 9.88. The normalized spacial score (nSPS) is 12.0. The summed E-state index contributed by atoms with van der Waals surface area (Å²) in [5, 5.41) is 3.18. The molecule has 0 saturated carbocycles. The lowest BCUT2D eigenvalue weighted by atomic mass is 10.3. The maximum Gasteiger partial charge on any atom is 0.188 e. The average molecular weight is 311 g/mol. The summed E-state index contributed by atoms with van der Waals surface area (Å²) in [6, 6.07) is 8.98. The van der Waals surface area contributed by atoms with Crippen LogP contribution in [0.15, 0.2) is 45.7 Å². The summed E-state index contributed by atoms with van der Waals surface area (Å²) in [7, 11) is -3.75. The van der Waals surface area contributed by atoms with Crippen molar-refractivity contribution in [3.8, 4) is 0 Å². The summed E-state index contributed by atoms with van der Waals surface area (Å²) < 4.78 is 43.4. The quantitative estimate of drug-likeness (QED) is 0.891. The van der Waals surface area contributed by atoms with E-state index in [0.29, 0.717) is 24.1 Å². The third kappa shape index (κ3) is 4.15. The summed E-state index contributed by atoms with van der Waals surface area (Å²) in [6.45, 7) is 4.54. The van der Waals surface area contributed by atoms with Gasteiger partial charge in [0, 0.05) is 6.04 Å². The van der Waals surface area contributed by atoms with E-state index in [4.69, 9.17) is 4.42 Å². The molecule has 2 aromatic rings.